The third-order valence-electron chi connectivity index (χ3n) is 4.01. The van der Waals surface area contributed by atoms with Gasteiger partial charge < -0.3 is 10.4 Å². The molecule has 2 atom stereocenters. The number of rotatable bonds is 4. The quantitative estimate of drug-likeness (QED) is 0.909. The third kappa shape index (κ3) is 3.18. The van der Waals surface area contributed by atoms with Crippen LogP contribution in [-0.2, 0) is 6.42 Å². The SMILES string of the molecule is Cc1ccc(-c2nc3c(s2)C(NC(C)CO)CCC3)cc1. The molecule has 0 saturated heterocycles. The summed E-state index contributed by atoms with van der Waals surface area (Å²) in [4.78, 5) is 6.21. The van der Waals surface area contributed by atoms with Gasteiger partial charge in [-0.1, -0.05) is 29.8 Å². The van der Waals surface area contributed by atoms with Gasteiger partial charge in [-0.2, -0.15) is 0 Å². The van der Waals surface area contributed by atoms with Crippen LogP contribution in [0.5, 0.6) is 0 Å². The summed E-state index contributed by atoms with van der Waals surface area (Å²) in [6, 6.07) is 9.05. The number of aryl methyl sites for hydroxylation is 2. The van der Waals surface area contributed by atoms with Crippen molar-refractivity contribution < 1.29 is 5.11 Å². The molecule has 0 aliphatic heterocycles. The molecule has 2 unspecified atom stereocenters. The van der Waals surface area contributed by atoms with Gasteiger partial charge in [0.05, 0.1) is 12.3 Å². The molecule has 1 aromatic heterocycles. The Hall–Kier alpha value is -1.23. The average molecular weight is 302 g/mol. The summed E-state index contributed by atoms with van der Waals surface area (Å²) < 4.78 is 0. The minimum absolute atomic E-state index is 0.130. The largest absolute Gasteiger partial charge is 0.395 e. The van der Waals surface area contributed by atoms with E-state index >= 15 is 0 Å². The Morgan fingerprint density at radius 3 is 2.86 bits per heavy atom. The molecule has 1 heterocycles. The van der Waals surface area contributed by atoms with Crippen molar-refractivity contribution in [1.82, 2.24) is 10.3 Å². The third-order valence-corrected chi connectivity index (χ3v) is 5.27. The zero-order chi connectivity index (χ0) is 14.8. The summed E-state index contributed by atoms with van der Waals surface area (Å²) in [5.41, 5.74) is 3.72. The summed E-state index contributed by atoms with van der Waals surface area (Å²) in [5.74, 6) is 0. The molecule has 112 valence electrons. The van der Waals surface area contributed by atoms with Crippen molar-refractivity contribution in [2.75, 3.05) is 6.61 Å². The topological polar surface area (TPSA) is 45.2 Å². The molecule has 0 amide bonds. The van der Waals surface area contributed by atoms with Crippen LogP contribution in [0, 0.1) is 6.92 Å². The van der Waals surface area contributed by atoms with Crippen molar-refractivity contribution in [3.63, 3.8) is 0 Å². The molecule has 3 nitrogen and oxygen atoms in total. The maximum absolute atomic E-state index is 9.25. The zero-order valence-electron chi connectivity index (χ0n) is 12.6. The Morgan fingerprint density at radius 1 is 1.38 bits per heavy atom. The molecular weight excluding hydrogens is 280 g/mol. The lowest BCUT2D eigenvalue weighted by Crippen LogP contribution is -2.34. The molecule has 0 radical (unpaired) electrons. The van der Waals surface area contributed by atoms with Crippen LogP contribution in [0.2, 0.25) is 0 Å². The van der Waals surface area contributed by atoms with E-state index in [0.717, 1.165) is 17.8 Å². The maximum atomic E-state index is 9.25. The lowest BCUT2D eigenvalue weighted by Gasteiger charge is -2.25. The molecular formula is C17H22N2OS. The number of aromatic nitrogens is 1. The molecule has 1 aliphatic rings. The van der Waals surface area contributed by atoms with Crippen LogP contribution in [0.15, 0.2) is 24.3 Å². The van der Waals surface area contributed by atoms with Crippen LogP contribution in [-0.4, -0.2) is 22.7 Å². The van der Waals surface area contributed by atoms with Crippen molar-refractivity contribution in [1.29, 1.82) is 0 Å². The van der Waals surface area contributed by atoms with Gasteiger partial charge in [-0.15, -0.1) is 11.3 Å². The first-order valence-electron chi connectivity index (χ1n) is 7.61. The van der Waals surface area contributed by atoms with E-state index in [4.69, 9.17) is 4.98 Å². The number of benzene rings is 1. The smallest absolute Gasteiger partial charge is 0.123 e. The highest BCUT2D eigenvalue weighted by molar-refractivity contribution is 7.15. The lowest BCUT2D eigenvalue weighted by molar-refractivity contribution is 0.237. The second-order valence-corrected chi connectivity index (χ2v) is 6.92. The number of nitrogens with one attached hydrogen (secondary N) is 1. The van der Waals surface area contributed by atoms with E-state index in [1.165, 1.54) is 28.1 Å². The molecule has 2 aromatic rings. The van der Waals surface area contributed by atoms with Crippen LogP contribution in [0.4, 0.5) is 0 Å². The molecule has 4 heteroatoms. The lowest BCUT2D eigenvalue weighted by atomic mass is 9.97. The van der Waals surface area contributed by atoms with E-state index in [9.17, 15) is 5.11 Å². The maximum Gasteiger partial charge on any atom is 0.123 e. The van der Waals surface area contributed by atoms with Crippen LogP contribution < -0.4 is 5.32 Å². The Kier molecular flexibility index (Phi) is 4.38. The van der Waals surface area contributed by atoms with Gasteiger partial charge in [-0.05, 0) is 33.1 Å². The molecule has 0 fully saturated rings. The van der Waals surface area contributed by atoms with Gasteiger partial charge in [-0.3, -0.25) is 0 Å². The monoisotopic (exact) mass is 302 g/mol. The Labute approximate surface area is 130 Å². The summed E-state index contributed by atoms with van der Waals surface area (Å²) in [5, 5.41) is 13.9. The molecule has 1 aliphatic carbocycles. The molecule has 0 saturated carbocycles. The fraction of sp³-hybridized carbons (Fsp3) is 0.471. The van der Waals surface area contributed by atoms with Gasteiger partial charge in [0.15, 0.2) is 0 Å². The fourth-order valence-electron chi connectivity index (χ4n) is 2.79. The van der Waals surface area contributed by atoms with Crippen LogP contribution in [0.1, 0.15) is 41.9 Å². The summed E-state index contributed by atoms with van der Waals surface area (Å²) in [6.45, 7) is 4.30. The highest BCUT2D eigenvalue weighted by Gasteiger charge is 2.25. The molecule has 3 rings (SSSR count). The van der Waals surface area contributed by atoms with Crippen molar-refractivity contribution in [3.05, 3.63) is 40.4 Å². The summed E-state index contributed by atoms with van der Waals surface area (Å²) in [6.07, 6.45) is 3.37. The zero-order valence-corrected chi connectivity index (χ0v) is 13.4. The second-order valence-electron chi connectivity index (χ2n) is 5.89. The first kappa shape index (κ1) is 14.7. The van der Waals surface area contributed by atoms with Gasteiger partial charge >= 0.3 is 0 Å². The van der Waals surface area contributed by atoms with E-state index in [1.54, 1.807) is 11.3 Å². The van der Waals surface area contributed by atoms with Crippen molar-refractivity contribution in [3.8, 4) is 10.6 Å². The average Bonchev–Trinajstić information content (AvgIpc) is 2.93. The van der Waals surface area contributed by atoms with E-state index in [0.29, 0.717) is 6.04 Å². The predicted octanol–water partition coefficient (Wildman–Crippen LogP) is 3.47. The normalized spacial score (nSPS) is 19.3. The Balaban J connectivity index is 1.88. The van der Waals surface area contributed by atoms with Crippen LogP contribution in [0.3, 0.4) is 0 Å². The molecule has 0 spiro atoms. The summed E-state index contributed by atoms with van der Waals surface area (Å²) >= 11 is 1.80. The number of fused-ring (bicyclic) bond motifs is 1. The van der Waals surface area contributed by atoms with Gasteiger partial charge in [0.25, 0.3) is 0 Å². The Bertz CT molecular complexity index is 606. The fourth-order valence-corrected chi connectivity index (χ4v) is 4.01. The standard InChI is InChI=1S/C17H22N2OS/c1-11-6-8-13(9-7-11)17-19-15-5-3-4-14(16(15)21-17)18-12(2)10-20/h6-9,12,14,18,20H,3-5,10H2,1-2H3. The highest BCUT2D eigenvalue weighted by atomic mass is 32.1. The summed E-state index contributed by atoms with van der Waals surface area (Å²) in [7, 11) is 0. The van der Waals surface area contributed by atoms with Gasteiger partial charge in [0.2, 0.25) is 0 Å². The van der Waals surface area contributed by atoms with Crippen LogP contribution >= 0.6 is 11.3 Å². The second kappa shape index (κ2) is 6.26. The van der Waals surface area contributed by atoms with Crippen molar-refractivity contribution >= 4 is 11.3 Å². The van der Waals surface area contributed by atoms with Crippen molar-refractivity contribution in [2.24, 2.45) is 0 Å². The van der Waals surface area contributed by atoms with Crippen LogP contribution in [0.25, 0.3) is 10.6 Å². The molecule has 0 bridgehead atoms. The number of nitrogens with zero attached hydrogens (tertiary/aromatic N) is 1. The van der Waals surface area contributed by atoms with E-state index in [1.807, 2.05) is 6.92 Å². The van der Waals surface area contributed by atoms with Gasteiger partial charge in [0.1, 0.15) is 5.01 Å². The minimum atomic E-state index is 0.130. The highest BCUT2D eigenvalue weighted by Crippen LogP contribution is 2.38. The predicted molar refractivity (Wildman–Crippen MR) is 87.6 cm³/mol. The molecule has 21 heavy (non-hydrogen) atoms. The number of aliphatic hydroxyl groups excluding tert-OH is 1. The van der Waals surface area contributed by atoms with E-state index in [-0.39, 0.29) is 12.6 Å². The van der Waals surface area contributed by atoms with E-state index < -0.39 is 0 Å². The number of thiazole rings is 1. The first-order valence-corrected chi connectivity index (χ1v) is 8.42. The van der Waals surface area contributed by atoms with Gasteiger partial charge in [0, 0.05) is 22.5 Å². The molecule has 1 aromatic carbocycles. The first-order chi connectivity index (χ1) is 10.2. The number of hydrogen-bond acceptors (Lipinski definition) is 4. The number of hydrogen-bond donors (Lipinski definition) is 2. The van der Waals surface area contributed by atoms with Gasteiger partial charge in [-0.25, -0.2) is 4.98 Å². The minimum Gasteiger partial charge on any atom is -0.395 e. The van der Waals surface area contributed by atoms with Crippen molar-refractivity contribution in [2.45, 2.75) is 45.2 Å². The Morgan fingerprint density at radius 2 is 2.14 bits per heavy atom. The van der Waals surface area contributed by atoms with E-state index in [2.05, 4.69) is 36.5 Å². The number of aliphatic hydroxyl groups is 1. The molecule has 2 N–H and O–H groups in total.